The molecule has 5 atom stereocenters. The minimum Gasteiger partial charge on any atom is -0.461 e. The van der Waals surface area contributed by atoms with Crippen molar-refractivity contribution in [1.82, 2.24) is 34.5 Å². The summed E-state index contributed by atoms with van der Waals surface area (Å²) in [6.07, 6.45) is 1.64. The first-order valence-electron chi connectivity index (χ1n) is 18.2. The first-order valence-corrected chi connectivity index (χ1v) is 19.4. The van der Waals surface area contributed by atoms with Gasteiger partial charge in [0.05, 0.1) is 26.9 Å². The molecule has 18 heteroatoms. The number of nitrogens with two attached hydrogens (primary N) is 1. The Labute approximate surface area is 321 Å². The van der Waals surface area contributed by atoms with Crippen molar-refractivity contribution in [3.63, 3.8) is 0 Å². The fourth-order valence-corrected chi connectivity index (χ4v) is 10.9. The number of amides is 1. The molecule has 4 aliphatic rings. The van der Waals surface area contributed by atoms with Crippen molar-refractivity contribution in [3.05, 3.63) is 52.8 Å². The van der Waals surface area contributed by atoms with Crippen LogP contribution in [0.15, 0.2) is 24.5 Å². The lowest BCUT2D eigenvalue weighted by atomic mass is 9.88. The molecule has 0 spiro atoms. The highest BCUT2D eigenvalue weighted by molar-refractivity contribution is 7.23. The summed E-state index contributed by atoms with van der Waals surface area (Å²) in [5.41, 5.74) is 5.52. The highest BCUT2D eigenvalue weighted by atomic mass is 35.5. The summed E-state index contributed by atoms with van der Waals surface area (Å²) in [4.78, 5) is 32.4. The quantitative estimate of drug-likeness (QED) is 0.183. The van der Waals surface area contributed by atoms with E-state index < -0.39 is 35.5 Å². The average molecular weight is 795 g/mol. The average Bonchev–Trinajstić information content (AvgIpc) is 3.99. The number of anilines is 2. The summed E-state index contributed by atoms with van der Waals surface area (Å²) in [6, 6.07) is 4.97. The molecule has 9 rings (SSSR count). The molecule has 2 aromatic carbocycles. The number of carbonyl (C=O) groups excluding carboxylic acids is 1. The van der Waals surface area contributed by atoms with Gasteiger partial charge in [-0.1, -0.05) is 31.5 Å². The number of likely N-dealkylation sites (tertiary alicyclic amines) is 1. The number of halogens is 5. The minimum atomic E-state index is -1.01. The van der Waals surface area contributed by atoms with Crippen LogP contribution < -0.4 is 15.4 Å². The van der Waals surface area contributed by atoms with Crippen LogP contribution in [0.3, 0.4) is 0 Å². The Hall–Kier alpha value is -4.79. The molecule has 3 unspecified atom stereocenters. The van der Waals surface area contributed by atoms with Gasteiger partial charge >= 0.3 is 18.1 Å². The van der Waals surface area contributed by atoms with Crippen LogP contribution in [-0.2, 0) is 0 Å². The van der Waals surface area contributed by atoms with E-state index in [0.717, 1.165) is 41.7 Å². The molecule has 55 heavy (non-hydrogen) atoms. The van der Waals surface area contributed by atoms with Crippen molar-refractivity contribution >= 4 is 60.8 Å². The Morgan fingerprint density at radius 3 is 2.78 bits per heavy atom. The van der Waals surface area contributed by atoms with Gasteiger partial charge in [0.1, 0.15) is 47.3 Å². The largest absolute Gasteiger partial charge is 0.461 e. The predicted molar refractivity (Wildman–Crippen MR) is 198 cm³/mol. The normalized spacial score (nSPS) is 25.1. The minimum absolute atomic E-state index is 0.0114. The van der Waals surface area contributed by atoms with Crippen molar-refractivity contribution in [2.75, 3.05) is 43.4 Å². The number of nitriles is 1. The number of nitrogen functional groups attached to an aromatic ring is 1. The second kappa shape index (κ2) is 13.2. The van der Waals surface area contributed by atoms with Gasteiger partial charge in [0.25, 0.3) is 0 Å². The molecule has 0 bridgehead atoms. The van der Waals surface area contributed by atoms with Gasteiger partial charge in [0.15, 0.2) is 5.82 Å². The van der Waals surface area contributed by atoms with Crippen molar-refractivity contribution < 1.29 is 27.1 Å². The number of fused-ring (bicyclic) bond motifs is 4. The van der Waals surface area contributed by atoms with E-state index in [-0.39, 0.29) is 90.8 Å². The van der Waals surface area contributed by atoms with Crippen LogP contribution in [0.2, 0.25) is 5.02 Å². The van der Waals surface area contributed by atoms with Crippen LogP contribution >= 0.6 is 22.9 Å². The SMILES string of the molecule is CC(C)C1C2CCN(c3nc(OC[C@@]45CCCN4C[C@H](F)C5)nc4c(F)c(-c5ccc(F)c6sc(N)c(C#N)c56)c(Cl)cc34)C2CN1C(=O)n1cnc(F)n1. The first-order chi connectivity index (χ1) is 26.4. The zero-order chi connectivity index (χ0) is 38.5. The number of alkyl halides is 1. The van der Waals surface area contributed by atoms with E-state index in [2.05, 4.69) is 20.0 Å². The second-order valence-electron chi connectivity index (χ2n) is 15.2. The van der Waals surface area contributed by atoms with E-state index in [1.807, 2.05) is 24.8 Å². The Morgan fingerprint density at radius 1 is 1.22 bits per heavy atom. The number of benzene rings is 2. The highest BCUT2D eigenvalue weighted by Crippen LogP contribution is 2.48. The van der Waals surface area contributed by atoms with Crippen LogP contribution in [0, 0.1) is 40.9 Å². The highest BCUT2D eigenvalue weighted by Gasteiger charge is 2.52. The lowest BCUT2D eigenvalue weighted by Gasteiger charge is -2.31. The summed E-state index contributed by atoms with van der Waals surface area (Å²) in [7, 11) is 0. The van der Waals surface area contributed by atoms with Gasteiger partial charge in [0, 0.05) is 54.4 Å². The number of hydrogen-bond acceptors (Lipinski definition) is 11. The van der Waals surface area contributed by atoms with E-state index in [1.54, 1.807) is 11.0 Å². The molecule has 4 aliphatic heterocycles. The number of aromatic nitrogens is 5. The number of thiophene rings is 1. The van der Waals surface area contributed by atoms with Crippen molar-refractivity contribution in [1.29, 1.82) is 5.26 Å². The van der Waals surface area contributed by atoms with Crippen LogP contribution in [-0.4, -0.2) is 97.1 Å². The molecule has 5 aromatic rings. The summed E-state index contributed by atoms with van der Waals surface area (Å²) in [5.74, 6) is -1.12. The molecular formula is C37H35ClF4N10O2S. The molecule has 3 aromatic heterocycles. The van der Waals surface area contributed by atoms with Crippen molar-refractivity contribution in [3.8, 4) is 23.2 Å². The van der Waals surface area contributed by atoms with E-state index in [0.29, 0.717) is 31.7 Å². The third kappa shape index (κ3) is 5.58. The van der Waals surface area contributed by atoms with Crippen LogP contribution in [0.5, 0.6) is 6.01 Å². The summed E-state index contributed by atoms with van der Waals surface area (Å²) in [5, 5.41) is 14.0. The zero-order valence-corrected chi connectivity index (χ0v) is 31.3. The zero-order valence-electron chi connectivity index (χ0n) is 29.8. The number of carbonyl (C=O) groups is 1. The van der Waals surface area contributed by atoms with Gasteiger partial charge in [-0.25, -0.2) is 18.0 Å². The molecule has 0 saturated carbocycles. The summed E-state index contributed by atoms with van der Waals surface area (Å²) < 4.78 is 68.1. The van der Waals surface area contributed by atoms with E-state index in [4.69, 9.17) is 27.1 Å². The van der Waals surface area contributed by atoms with Crippen LogP contribution in [0.25, 0.3) is 32.1 Å². The maximum Gasteiger partial charge on any atom is 0.346 e. The molecular weight excluding hydrogens is 760 g/mol. The molecule has 286 valence electrons. The second-order valence-corrected chi connectivity index (χ2v) is 16.7. The third-order valence-electron chi connectivity index (χ3n) is 11.9. The number of rotatable bonds is 6. The summed E-state index contributed by atoms with van der Waals surface area (Å²) >= 11 is 7.84. The number of hydrogen-bond donors (Lipinski definition) is 1. The molecule has 1 amide bonds. The van der Waals surface area contributed by atoms with Gasteiger partial charge in [-0.2, -0.15) is 29.3 Å². The van der Waals surface area contributed by atoms with Crippen molar-refractivity contribution in [2.45, 2.75) is 63.3 Å². The van der Waals surface area contributed by atoms with E-state index in [9.17, 15) is 18.8 Å². The molecule has 0 radical (unpaired) electrons. The molecule has 4 fully saturated rings. The van der Waals surface area contributed by atoms with Gasteiger partial charge in [-0.3, -0.25) is 4.90 Å². The van der Waals surface area contributed by atoms with Crippen molar-refractivity contribution in [2.24, 2.45) is 11.8 Å². The smallest absolute Gasteiger partial charge is 0.346 e. The van der Waals surface area contributed by atoms with Gasteiger partial charge in [-0.15, -0.1) is 16.4 Å². The number of ether oxygens (including phenoxy) is 1. The monoisotopic (exact) mass is 794 g/mol. The molecule has 0 aliphatic carbocycles. The topological polar surface area (TPSA) is 142 Å². The lowest BCUT2D eigenvalue weighted by molar-refractivity contribution is 0.107. The summed E-state index contributed by atoms with van der Waals surface area (Å²) in [6.45, 7) is 5.94. The van der Waals surface area contributed by atoms with E-state index in [1.165, 1.54) is 12.1 Å². The van der Waals surface area contributed by atoms with Gasteiger partial charge < -0.3 is 20.3 Å². The fraction of sp³-hybridized carbons (Fsp3) is 0.459. The molecule has 4 saturated heterocycles. The van der Waals surface area contributed by atoms with Gasteiger partial charge in [0.2, 0.25) is 0 Å². The Bertz CT molecular complexity index is 2440. The molecule has 2 N–H and O–H groups in total. The number of nitrogens with zero attached hydrogens (tertiary/aromatic N) is 9. The molecule has 7 heterocycles. The lowest BCUT2D eigenvalue weighted by Crippen LogP contribution is -2.44. The maximum absolute atomic E-state index is 17.3. The Balaban J connectivity index is 1.18. The first kappa shape index (κ1) is 35.9. The van der Waals surface area contributed by atoms with Crippen LogP contribution in [0.1, 0.15) is 45.1 Å². The van der Waals surface area contributed by atoms with E-state index >= 15 is 8.78 Å². The van der Waals surface area contributed by atoms with Crippen LogP contribution in [0.4, 0.5) is 33.2 Å². The Kier molecular flexibility index (Phi) is 8.59. The third-order valence-corrected chi connectivity index (χ3v) is 13.2. The maximum atomic E-state index is 17.3. The fourth-order valence-electron chi connectivity index (χ4n) is 9.70. The van der Waals surface area contributed by atoms with Gasteiger partial charge in [-0.05, 0) is 49.4 Å². The Morgan fingerprint density at radius 2 is 2.04 bits per heavy atom. The molecule has 12 nitrogen and oxygen atoms in total. The predicted octanol–water partition coefficient (Wildman–Crippen LogP) is 6.79. The standard InChI is InChI=1S/C37H35ClF4N10O2S/c1-17(2)30-19-6-9-50(25(19)14-51(30)36(53)52-16-45-34(42)48-52)33-21-10-23(38)27(20-4-5-24(40)31-26(20)22(12-43)32(44)55-31)28(41)29(21)46-35(47-33)54-15-37-7-3-8-49(37)13-18(39)11-37/h4-5,10,16-19,25,30H,3,6-9,11,13-15,44H2,1-2H3/t18-,19?,25?,30?,37+/m1/s1.